The Morgan fingerprint density at radius 3 is 2.59 bits per heavy atom. The molecule has 0 spiro atoms. The topological polar surface area (TPSA) is 32.3 Å². The lowest BCUT2D eigenvalue weighted by molar-refractivity contribution is -0.136. The molecule has 0 aromatic carbocycles. The highest BCUT2D eigenvalue weighted by atomic mass is 16.2. The van der Waals surface area contributed by atoms with Crippen molar-refractivity contribution in [1.82, 2.24) is 10.2 Å². The molecule has 1 N–H and O–H groups in total. The van der Waals surface area contributed by atoms with Crippen molar-refractivity contribution in [2.75, 3.05) is 13.1 Å². The summed E-state index contributed by atoms with van der Waals surface area (Å²) in [6.45, 7) is 6.22. The van der Waals surface area contributed by atoms with Crippen molar-refractivity contribution >= 4 is 5.91 Å². The maximum atomic E-state index is 12.3. The number of nitrogens with one attached hydrogen (secondary N) is 1. The van der Waals surface area contributed by atoms with Crippen LogP contribution < -0.4 is 5.32 Å². The van der Waals surface area contributed by atoms with Crippen LogP contribution in [0, 0.1) is 5.92 Å². The minimum absolute atomic E-state index is 0.0742. The van der Waals surface area contributed by atoms with Gasteiger partial charge in [-0.3, -0.25) is 4.79 Å². The molecule has 0 bridgehead atoms. The lowest BCUT2D eigenvalue weighted by Gasteiger charge is -2.35. The summed E-state index contributed by atoms with van der Waals surface area (Å²) >= 11 is 0. The largest absolute Gasteiger partial charge is 0.341 e. The van der Waals surface area contributed by atoms with Gasteiger partial charge in [-0.15, -0.1) is 0 Å². The summed E-state index contributed by atoms with van der Waals surface area (Å²) in [5.41, 5.74) is 0. The fraction of sp³-hybridized carbons (Fsp3) is 0.929. The summed E-state index contributed by atoms with van der Waals surface area (Å²) < 4.78 is 0. The van der Waals surface area contributed by atoms with E-state index < -0.39 is 0 Å². The molecule has 1 saturated carbocycles. The van der Waals surface area contributed by atoms with Gasteiger partial charge in [0, 0.05) is 19.1 Å². The van der Waals surface area contributed by atoms with E-state index in [0.29, 0.717) is 11.9 Å². The molecule has 17 heavy (non-hydrogen) atoms. The maximum Gasteiger partial charge on any atom is 0.239 e. The number of carbonyl (C=O) groups excluding carboxylic acids is 1. The molecular formula is C14H26N2O. The molecule has 0 radical (unpaired) electrons. The summed E-state index contributed by atoms with van der Waals surface area (Å²) in [6, 6.07) is 0.473. The van der Waals surface area contributed by atoms with Crippen LogP contribution in [0.3, 0.4) is 0 Å². The van der Waals surface area contributed by atoms with E-state index in [9.17, 15) is 4.79 Å². The first-order chi connectivity index (χ1) is 8.16. The quantitative estimate of drug-likeness (QED) is 0.814. The van der Waals surface area contributed by atoms with Crippen LogP contribution in [0.2, 0.25) is 0 Å². The Labute approximate surface area is 105 Å². The first-order valence-electron chi connectivity index (χ1n) is 7.21. The molecule has 98 valence electrons. The molecule has 1 aliphatic carbocycles. The molecular weight excluding hydrogens is 212 g/mol. The maximum absolute atomic E-state index is 12.3. The Kier molecular flexibility index (Phi) is 4.43. The molecule has 1 saturated heterocycles. The Bertz CT molecular complexity index is 259. The van der Waals surface area contributed by atoms with Gasteiger partial charge in [0.15, 0.2) is 0 Å². The van der Waals surface area contributed by atoms with E-state index in [-0.39, 0.29) is 6.04 Å². The third-order valence-electron chi connectivity index (χ3n) is 4.02. The van der Waals surface area contributed by atoms with E-state index in [1.54, 1.807) is 0 Å². The van der Waals surface area contributed by atoms with Gasteiger partial charge in [-0.1, -0.05) is 26.7 Å². The molecule has 2 rings (SSSR count). The second-order valence-electron chi connectivity index (χ2n) is 5.95. The van der Waals surface area contributed by atoms with Gasteiger partial charge in [0.2, 0.25) is 5.91 Å². The zero-order chi connectivity index (χ0) is 12.3. The van der Waals surface area contributed by atoms with Crippen LogP contribution in [-0.4, -0.2) is 36.0 Å². The number of hydrogen-bond acceptors (Lipinski definition) is 2. The molecule has 1 atom stereocenters. The van der Waals surface area contributed by atoms with Crippen molar-refractivity contribution in [3.8, 4) is 0 Å². The molecule has 1 unspecified atom stereocenters. The molecule has 2 aliphatic rings. The average Bonchev–Trinajstić information content (AvgIpc) is 2.76. The number of amides is 1. The van der Waals surface area contributed by atoms with Crippen LogP contribution in [0.15, 0.2) is 0 Å². The van der Waals surface area contributed by atoms with Crippen LogP contribution in [0.25, 0.3) is 0 Å². The molecule has 1 amide bonds. The minimum Gasteiger partial charge on any atom is -0.341 e. The van der Waals surface area contributed by atoms with Gasteiger partial charge in [-0.2, -0.15) is 0 Å². The van der Waals surface area contributed by atoms with E-state index in [1.165, 1.54) is 25.7 Å². The summed E-state index contributed by atoms with van der Waals surface area (Å²) in [5.74, 6) is 1.12. The number of likely N-dealkylation sites (tertiary alicyclic amines) is 1. The lowest BCUT2D eigenvalue weighted by Crippen LogP contribution is -2.53. The van der Waals surface area contributed by atoms with Crippen molar-refractivity contribution in [3.05, 3.63) is 0 Å². The fourth-order valence-corrected chi connectivity index (χ4v) is 3.18. The Balaban J connectivity index is 1.86. The molecule has 1 heterocycles. The molecule has 3 nitrogen and oxygen atoms in total. The Hall–Kier alpha value is -0.570. The monoisotopic (exact) mass is 238 g/mol. The van der Waals surface area contributed by atoms with E-state index in [1.807, 2.05) is 0 Å². The SMILES string of the molecule is CC(C)NC1CCCN(CC2CCCC2)C1=O. The predicted octanol–water partition coefficient (Wildman–Crippen LogP) is 2.17. The molecule has 2 fully saturated rings. The normalized spacial score (nSPS) is 27.1. The lowest BCUT2D eigenvalue weighted by atomic mass is 10.0. The van der Waals surface area contributed by atoms with Crippen LogP contribution >= 0.6 is 0 Å². The molecule has 3 heteroatoms. The number of carbonyl (C=O) groups is 1. The van der Waals surface area contributed by atoms with E-state index in [2.05, 4.69) is 24.1 Å². The molecule has 0 aromatic heterocycles. The van der Waals surface area contributed by atoms with Gasteiger partial charge < -0.3 is 10.2 Å². The van der Waals surface area contributed by atoms with Crippen molar-refractivity contribution in [3.63, 3.8) is 0 Å². The van der Waals surface area contributed by atoms with Crippen molar-refractivity contribution in [1.29, 1.82) is 0 Å². The van der Waals surface area contributed by atoms with Crippen molar-refractivity contribution < 1.29 is 4.79 Å². The van der Waals surface area contributed by atoms with E-state index >= 15 is 0 Å². The number of hydrogen-bond donors (Lipinski definition) is 1. The number of piperidine rings is 1. The highest BCUT2D eigenvalue weighted by Crippen LogP contribution is 2.26. The second kappa shape index (κ2) is 5.85. The Morgan fingerprint density at radius 1 is 1.24 bits per heavy atom. The third-order valence-corrected chi connectivity index (χ3v) is 4.02. The van der Waals surface area contributed by atoms with Gasteiger partial charge in [0.1, 0.15) is 0 Å². The molecule has 0 aromatic rings. The van der Waals surface area contributed by atoms with Gasteiger partial charge in [0.05, 0.1) is 6.04 Å². The first-order valence-corrected chi connectivity index (χ1v) is 7.21. The van der Waals surface area contributed by atoms with Crippen LogP contribution in [0.4, 0.5) is 0 Å². The summed E-state index contributed by atoms with van der Waals surface area (Å²) in [4.78, 5) is 14.4. The third kappa shape index (κ3) is 3.44. The second-order valence-corrected chi connectivity index (χ2v) is 5.95. The average molecular weight is 238 g/mol. The number of nitrogens with zero attached hydrogens (tertiary/aromatic N) is 1. The first kappa shape index (κ1) is 12.9. The van der Waals surface area contributed by atoms with E-state index in [0.717, 1.165) is 31.8 Å². The summed E-state index contributed by atoms with van der Waals surface area (Å²) in [5, 5.41) is 3.40. The van der Waals surface area contributed by atoms with Crippen molar-refractivity contribution in [2.45, 2.75) is 64.5 Å². The van der Waals surface area contributed by atoms with Gasteiger partial charge >= 0.3 is 0 Å². The van der Waals surface area contributed by atoms with E-state index in [4.69, 9.17) is 0 Å². The summed E-state index contributed by atoms with van der Waals surface area (Å²) in [6.07, 6.45) is 7.54. The fourth-order valence-electron chi connectivity index (χ4n) is 3.18. The predicted molar refractivity (Wildman–Crippen MR) is 69.8 cm³/mol. The zero-order valence-electron chi connectivity index (χ0n) is 11.2. The van der Waals surface area contributed by atoms with Crippen LogP contribution in [0.1, 0.15) is 52.4 Å². The number of rotatable bonds is 4. The highest BCUT2D eigenvalue weighted by Gasteiger charge is 2.30. The summed E-state index contributed by atoms with van der Waals surface area (Å²) in [7, 11) is 0. The van der Waals surface area contributed by atoms with Crippen LogP contribution in [-0.2, 0) is 4.79 Å². The highest BCUT2D eigenvalue weighted by molar-refractivity contribution is 5.82. The van der Waals surface area contributed by atoms with Crippen LogP contribution in [0.5, 0.6) is 0 Å². The van der Waals surface area contributed by atoms with Gasteiger partial charge in [-0.25, -0.2) is 0 Å². The minimum atomic E-state index is 0.0742. The standard InChI is InChI=1S/C14H26N2O/c1-11(2)15-13-8-5-9-16(14(13)17)10-12-6-3-4-7-12/h11-13,15H,3-10H2,1-2H3. The Morgan fingerprint density at radius 2 is 1.94 bits per heavy atom. The smallest absolute Gasteiger partial charge is 0.239 e. The zero-order valence-corrected chi connectivity index (χ0v) is 11.2. The molecule has 1 aliphatic heterocycles. The van der Waals surface area contributed by atoms with Gasteiger partial charge in [-0.05, 0) is 31.6 Å². The van der Waals surface area contributed by atoms with Gasteiger partial charge in [0.25, 0.3) is 0 Å². The van der Waals surface area contributed by atoms with Crippen molar-refractivity contribution in [2.24, 2.45) is 5.92 Å².